The largest absolute Gasteiger partial charge is 0.502 e. The maximum absolute atomic E-state index is 12.0. The summed E-state index contributed by atoms with van der Waals surface area (Å²) < 4.78 is 15.0. The molecule has 1 aromatic carbocycles. The monoisotopic (exact) mass is 376 g/mol. The van der Waals surface area contributed by atoms with Crippen molar-refractivity contribution in [3.63, 3.8) is 0 Å². The van der Waals surface area contributed by atoms with Crippen LogP contribution in [0.25, 0.3) is 0 Å². The van der Waals surface area contributed by atoms with Crippen LogP contribution in [0.4, 0.5) is 0 Å². The molecule has 1 heterocycles. The molecule has 2 rings (SSSR count). The van der Waals surface area contributed by atoms with Crippen molar-refractivity contribution in [2.45, 2.75) is 25.9 Å². The fourth-order valence-corrected chi connectivity index (χ4v) is 2.59. The van der Waals surface area contributed by atoms with Crippen molar-refractivity contribution in [2.75, 3.05) is 13.7 Å². The van der Waals surface area contributed by atoms with Crippen LogP contribution in [-0.2, 0) is 20.9 Å². The number of hydrogen-bond donors (Lipinski definition) is 2. The summed E-state index contributed by atoms with van der Waals surface area (Å²) in [6.07, 6.45) is -0.212. The van der Waals surface area contributed by atoms with Gasteiger partial charge < -0.3 is 24.1 Å². The van der Waals surface area contributed by atoms with Crippen molar-refractivity contribution in [1.29, 1.82) is 0 Å². The number of aromatic hydroxyl groups is 1. The number of aliphatic hydroxyl groups is 1. The Balaban J connectivity index is 2.52. The number of hydrogen-bond acceptors (Lipinski definition) is 8. The molecule has 1 aromatic heterocycles. The number of benzene rings is 1. The van der Waals surface area contributed by atoms with Crippen molar-refractivity contribution in [2.24, 2.45) is 0 Å². The van der Waals surface area contributed by atoms with E-state index >= 15 is 0 Å². The van der Waals surface area contributed by atoms with Gasteiger partial charge in [-0.2, -0.15) is 0 Å². The smallest absolute Gasteiger partial charge is 0.337 e. The van der Waals surface area contributed by atoms with Gasteiger partial charge in [0.2, 0.25) is 11.2 Å². The zero-order chi connectivity index (χ0) is 20.0. The lowest BCUT2D eigenvalue weighted by Gasteiger charge is -2.17. The van der Waals surface area contributed by atoms with E-state index in [2.05, 4.69) is 4.74 Å². The van der Waals surface area contributed by atoms with E-state index in [9.17, 15) is 24.6 Å². The Bertz CT molecular complexity index is 866. The van der Waals surface area contributed by atoms with Crippen molar-refractivity contribution < 1.29 is 33.7 Å². The molecule has 8 heteroatoms. The highest BCUT2D eigenvalue weighted by Crippen LogP contribution is 2.33. The second kappa shape index (κ2) is 9.00. The first-order valence-electron chi connectivity index (χ1n) is 8.21. The quantitative estimate of drug-likeness (QED) is 0.700. The van der Waals surface area contributed by atoms with E-state index in [-0.39, 0.29) is 24.5 Å². The third kappa shape index (κ3) is 4.73. The number of carbonyl (C=O) groups is 2. The summed E-state index contributed by atoms with van der Waals surface area (Å²) in [5.74, 6) is -2.80. The lowest BCUT2D eigenvalue weighted by molar-refractivity contribution is -0.143. The molecule has 0 spiro atoms. The maximum atomic E-state index is 12.0. The van der Waals surface area contributed by atoms with Crippen LogP contribution in [0.15, 0.2) is 39.5 Å². The number of carbonyl (C=O) groups excluding carboxylic acids is 2. The van der Waals surface area contributed by atoms with E-state index in [1.165, 1.54) is 19.2 Å². The van der Waals surface area contributed by atoms with Gasteiger partial charge in [-0.15, -0.1) is 0 Å². The average molecular weight is 376 g/mol. The van der Waals surface area contributed by atoms with Gasteiger partial charge in [0, 0.05) is 6.07 Å². The summed E-state index contributed by atoms with van der Waals surface area (Å²) in [4.78, 5) is 35.6. The van der Waals surface area contributed by atoms with Gasteiger partial charge in [0.1, 0.15) is 12.4 Å². The highest BCUT2D eigenvalue weighted by atomic mass is 16.5. The Labute approximate surface area is 155 Å². The van der Waals surface area contributed by atoms with E-state index in [4.69, 9.17) is 9.15 Å². The standard InChI is InChI=1S/C19H20O8/c1-3-26-16(22)9-14(11-4-6-12(7-5-11)19(24)25-2)18-17(23)15(21)8-13(10-20)27-18/h4-8,14,20,23H,3,9-10H2,1-2H3/t14-/m1/s1. The predicted octanol–water partition coefficient (Wildman–Crippen LogP) is 1.71. The Morgan fingerprint density at radius 2 is 1.89 bits per heavy atom. The molecule has 144 valence electrons. The summed E-state index contributed by atoms with van der Waals surface area (Å²) >= 11 is 0. The molecule has 0 amide bonds. The SMILES string of the molecule is CCOC(=O)C[C@H](c1ccc(C(=O)OC)cc1)c1oc(CO)cc(=O)c1O. The minimum Gasteiger partial charge on any atom is -0.502 e. The third-order valence-corrected chi connectivity index (χ3v) is 3.88. The Morgan fingerprint density at radius 1 is 1.22 bits per heavy atom. The van der Waals surface area contributed by atoms with E-state index in [1.54, 1.807) is 19.1 Å². The first kappa shape index (κ1) is 20.2. The van der Waals surface area contributed by atoms with Crippen LogP contribution >= 0.6 is 0 Å². The van der Waals surface area contributed by atoms with Crippen LogP contribution < -0.4 is 5.43 Å². The Kier molecular flexibility index (Phi) is 6.73. The molecule has 0 fully saturated rings. The molecule has 1 atom stereocenters. The molecule has 2 N–H and O–H groups in total. The van der Waals surface area contributed by atoms with Crippen LogP contribution in [0, 0.1) is 0 Å². The van der Waals surface area contributed by atoms with Gasteiger partial charge in [-0.05, 0) is 24.6 Å². The summed E-state index contributed by atoms with van der Waals surface area (Å²) in [6.45, 7) is 1.28. The number of esters is 2. The highest BCUT2D eigenvalue weighted by molar-refractivity contribution is 5.89. The van der Waals surface area contributed by atoms with Crippen LogP contribution in [0.3, 0.4) is 0 Å². The van der Waals surface area contributed by atoms with Crippen molar-refractivity contribution in [3.05, 3.63) is 63.2 Å². The highest BCUT2D eigenvalue weighted by Gasteiger charge is 2.27. The summed E-state index contributed by atoms with van der Waals surface area (Å²) in [5, 5.41) is 19.4. The maximum Gasteiger partial charge on any atom is 0.337 e. The van der Waals surface area contributed by atoms with Crippen LogP contribution in [0.2, 0.25) is 0 Å². The lowest BCUT2D eigenvalue weighted by Crippen LogP contribution is -2.15. The molecule has 8 nitrogen and oxygen atoms in total. The molecule has 2 aromatic rings. The van der Waals surface area contributed by atoms with Gasteiger partial charge in [0.15, 0.2) is 5.76 Å². The van der Waals surface area contributed by atoms with Crippen LogP contribution in [0.5, 0.6) is 5.75 Å². The van der Waals surface area contributed by atoms with Gasteiger partial charge in [-0.3, -0.25) is 9.59 Å². The molecule has 0 aliphatic heterocycles. The minimum atomic E-state index is -0.852. The zero-order valence-electron chi connectivity index (χ0n) is 14.9. The summed E-state index contributed by atoms with van der Waals surface area (Å²) in [7, 11) is 1.26. The predicted molar refractivity (Wildman–Crippen MR) is 93.4 cm³/mol. The molecular formula is C19H20O8. The van der Waals surface area contributed by atoms with Gasteiger partial charge in [-0.1, -0.05) is 12.1 Å². The van der Waals surface area contributed by atoms with Gasteiger partial charge in [0.25, 0.3) is 0 Å². The van der Waals surface area contributed by atoms with Crippen LogP contribution in [0.1, 0.15) is 46.7 Å². The second-order valence-electron chi connectivity index (χ2n) is 5.62. The normalized spacial score (nSPS) is 11.7. The number of methoxy groups -OCH3 is 1. The average Bonchev–Trinajstić information content (AvgIpc) is 2.68. The molecule has 0 aliphatic rings. The van der Waals surface area contributed by atoms with E-state index < -0.39 is 35.6 Å². The molecular weight excluding hydrogens is 356 g/mol. The minimum absolute atomic E-state index is 0.0483. The number of rotatable bonds is 7. The first-order chi connectivity index (χ1) is 12.9. The topological polar surface area (TPSA) is 123 Å². The van der Waals surface area contributed by atoms with Crippen molar-refractivity contribution >= 4 is 11.9 Å². The molecule has 0 unspecified atom stereocenters. The van der Waals surface area contributed by atoms with E-state index in [0.29, 0.717) is 11.1 Å². The van der Waals surface area contributed by atoms with Crippen molar-refractivity contribution in [3.8, 4) is 5.75 Å². The summed E-state index contributed by atoms with van der Waals surface area (Å²) in [6, 6.07) is 7.07. The van der Waals surface area contributed by atoms with Crippen molar-refractivity contribution in [1.82, 2.24) is 0 Å². The second-order valence-corrected chi connectivity index (χ2v) is 5.62. The molecule has 0 bridgehead atoms. The molecule has 0 saturated heterocycles. The van der Waals surface area contributed by atoms with E-state index in [0.717, 1.165) is 6.07 Å². The zero-order valence-corrected chi connectivity index (χ0v) is 14.9. The van der Waals surface area contributed by atoms with E-state index in [1.807, 2.05) is 0 Å². The lowest BCUT2D eigenvalue weighted by atomic mass is 9.91. The number of ether oxygens (including phenoxy) is 2. The fourth-order valence-electron chi connectivity index (χ4n) is 2.59. The summed E-state index contributed by atoms with van der Waals surface area (Å²) in [5.41, 5.74) is 0.0653. The van der Waals surface area contributed by atoms with Gasteiger partial charge in [-0.25, -0.2) is 4.79 Å². The molecule has 0 radical (unpaired) electrons. The number of aliphatic hydroxyl groups excluding tert-OH is 1. The Morgan fingerprint density at radius 3 is 2.44 bits per heavy atom. The van der Waals surface area contributed by atoms with Crippen LogP contribution in [-0.4, -0.2) is 35.9 Å². The first-order valence-corrected chi connectivity index (χ1v) is 8.21. The van der Waals surface area contributed by atoms with Gasteiger partial charge >= 0.3 is 11.9 Å². The third-order valence-electron chi connectivity index (χ3n) is 3.88. The van der Waals surface area contributed by atoms with Gasteiger partial charge in [0.05, 0.1) is 31.6 Å². The molecule has 0 saturated carbocycles. The Hall–Kier alpha value is -3.13. The molecule has 27 heavy (non-hydrogen) atoms. The molecule has 0 aliphatic carbocycles. The fraction of sp³-hybridized carbons (Fsp3) is 0.316.